The molecule has 0 aliphatic carbocycles. The molecule has 0 spiro atoms. The second-order valence-electron chi connectivity index (χ2n) is 3.88. The normalized spacial score (nSPS) is 12.2. The molecular formula is C12H16O5. The molecule has 1 atom stereocenters. The van der Waals surface area contributed by atoms with Crippen LogP contribution in [0.3, 0.4) is 0 Å². The van der Waals surface area contributed by atoms with Crippen molar-refractivity contribution in [2.45, 2.75) is 13.8 Å². The zero-order chi connectivity index (χ0) is 12.8. The van der Waals surface area contributed by atoms with E-state index >= 15 is 0 Å². The Morgan fingerprint density at radius 2 is 1.94 bits per heavy atom. The monoisotopic (exact) mass is 240 g/mol. The fraction of sp³-hybridized carbons (Fsp3) is 0.500. The van der Waals surface area contributed by atoms with E-state index in [1.54, 1.807) is 7.11 Å². The first-order chi connectivity index (χ1) is 8.04. The molecule has 1 rings (SSSR count). The van der Waals surface area contributed by atoms with Gasteiger partial charge in [0.15, 0.2) is 11.5 Å². The standard InChI is InChI=1S/C12H16O5/c1-8(6-15-3)7-16-12(14)11-5-4-10(17-11)9(2)13/h4-5,8H,6-7H2,1-3H3. The van der Waals surface area contributed by atoms with Crippen LogP contribution in [0.5, 0.6) is 0 Å². The number of Topliss-reactive ketones (excluding diaryl/α,β-unsaturated/α-hetero) is 1. The van der Waals surface area contributed by atoms with Gasteiger partial charge in [-0.3, -0.25) is 4.79 Å². The van der Waals surface area contributed by atoms with E-state index in [2.05, 4.69) is 0 Å². The molecule has 0 radical (unpaired) electrons. The Labute approximate surface area is 99.7 Å². The van der Waals surface area contributed by atoms with Crippen LogP contribution in [0.4, 0.5) is 0 Å². The van der Waals surface area contributed by atoms with Crippen molar-refractivity contribution in [2.75, 3.05) is 20.3 Å². The number of carbonyl (C=O) groups is 2. The van der Waals surface area contributed by atoms with Gasteiger partial charge in [0.25, 0.3) is 0 Å². The van der Waals surface area contributed by atoms with Crippen molar-refractivity contribution >= 4 is 11.8 Å². The van der Waals surface area contributed by atoms with Crippen LogP contribution >= 0.6 is 0 Å². The topological polar surface area (TPSA) is 65.7 Å². The second-order valence-corrected chi connectivity index (χ2v) is 3.88. The summed E-state index contributed by atoms with van der Waals surface area (Å²) < 4.78 is 15.0. The molecule has 0 aliphatic heterocycles. The van der Waals surface area contributed by atoms with Crippen LogP contribution in [0.1, 0.15) is 35.0 Å². The summed E-state index contributed by atoms with van der Waals surface area (Å²) in [6.45, 7) is 4.04. The molecule has 0 fully saturated rings. The van der Waals surface area contributed by atoms with Crippen molar-refractivity contribution in [2.24, 2.45) is 5.92 Å². The molecule has 94 valence electrons. The minimum atomic E-state index is -0.569. The summed E-state index contributed by atoms with van der Waals surface area (Å²) in [5.74, 6) is -0.481. The SMILES string of the molecule is COCC(C)COC(=O)c1ccc(C(C)=O)o1. The first-order valence-corrected chi connectivity index (χ1v) is 5.31. The lowest BCUT2D eigenvalue weighted by atomic mass is 10.2. The average molecular weight is 240 g/mol. The Balaban J connectivity index is 2.49. The quantitative estimate of drug-likeness (QED) is 0.561. The molecule has 0 aliphatic rings. The summed E-state index contributed by atoms with van der Waals surface area (Å²) in [6.07, 6.45) is 0. The molecule has 0 N–H and O–H groups in total. The summed E-state index contributed by atoms with van der Waals surface area (Å²) in [5.41, 5.74) is 0. The van der Waals surface area contributed by atoms with E-state index < -0.39 is 5.97 Å². The molecule has 17 heavy (non-hydrogen) atoms. The highest BCUT2D eigenvalue weighted by Gasteiger charge is 2.15. The molecular weight excluding hydrogens is 224 g/mol. The lowest BCUT2D eigenvalue weighted by Gasteiger charge is -2.09. The molecule has 1 unspecified atom stereocenters. The largest absolute Gasteiger partial charge is 0.459 e. The third-order valence-corrected chi connectivity index (χ3v) is 2.10. The Morgan fingerprint density at radius 1 is 1.29 bits per heavy atom. The van der Waals surface area contributed by atoms with Crippen LogP contribution in [0, 0.1) is 5.92 Å². The van der Waals surface area contributed by atoms with E-state index in [-0.39, 0.29) is 29.8 Å². The van der Waals surface area contributed by atoms with Gasteiger partial charge in [-0.1, -0.05) is 6.92 Å². The number of esters is 1. The van der Waals surface area contributed by atoms with Crippen LogP contribution in [-0.4, -0.2) is 32.1 Å². The lowest BCUT2D eigenvalue weighted by Crippen LogP contribution is -2.15. The van der Waals surface area contributed by atoms with Crippen molar-refractivity contribution in [3.05, 3.63) is 23.7 Å². The van der Waals surface area contributed by atoms with Gasteiger partial charge >= 0.3 is 5.97 Å². The van der Waals surface area contributed by atoms with Crippen LogP contribution in [0.25, 0.3) is 0 Å². The van der Waals surface area contributed by atoms with Gasteiger partial charge in [0.1, 0.15) is 0 Å². The Kier molecular flexibility index (Phi) is 4.90. The van der Waals surface area contributed by atoms with Crippen LogP contribution in [-0.2, 0) is 9.47 Å². The predicted molar refractivity (Wildman–Crippen MR) is 60.0 cm³/mol. The number of hydrogen-bond donors (Lipinski definition) is 0. The van der Waals surface area contributed by atoms with E-state index in [9.17, 15) is 9.59 Å². The molecule has 1 heterocycles. The molecule has 0 saturated carbocycles. The number of methoxy groups -OCH3 is 1. The van der Waals surface area contributed by atoms with E-state index in [1.165, 1.54) is 19.1 Å². The first kappa shape index (κ1) is 13.4. The predicted octanol–water partition coefficient (Wildman–Crippen LogP) is 1.92. The van der Waals surface area contributed by atoms with Gasteiger partial charge in [-0.25, -0.2) is 4.79 Å². The van der Waals surface area contributed by atoms with Gasteiger partial charge < -0.3 is 13.9 Å². The maximum absolute atomic E-state index is 11.5. The minimum absolute atomic E-state index is 0.0415. The third kappa shape index (κ3) is 4.03. The van der Waals surface area contributed by atoms with Gasteiger partial charge in [-0.15, -0.1) is 0 Å². The maximum Gasteiger partial charge on any atom is 0.374 e. The third-order valence-electron chi connectivity index (χ3n) is 2.10. The smallest absolute Gasteiger partial charge is 0.374 e. The summed E-state index contributed by atoms with van der Waals surface area (Å²) in [4.78, 5) is 22.5. The number of hydrogen-bond acceptors (Lipinski definition) is 5. The van der Waals surface area contributed by atoms with E-state index in [1.807, 2.05) is 6.92 Å². The average Bonchev–Trinajstić information content (AvgIpc) is 2.75. The van der Waals surface area contributed by atoms with E-state index in [0.717, 1.165) is 0 Å². The highest BCUT2D eigenvalue weighted by Crippen LogP contribution is 2.10. The molecule has 1 aromatic heterocycles. The summed E-state index contributed by atoms with van der Waals surface area (Å²) in [7, 11) is 1.59. The highest BCUT2D eigenvalue weighted by molar-refractivity contribution is 5.93. The number of rotatable bonds is 6. The minimum Gasteiger partial charge on any atom is -0.459 e. The molecule has 1 aromatic rings. The Morgan fingerprint density at radius 3 is 2.47 bits per heavy atom. The van der Waals surface area contributed by atoms with E-state index in [4.69, 9.17) is 13.9 Å². The molecule has 0 bridgehead atoms. The van der Waals surface area contributed by atoms with Crippen LogP contribution in [0.2, 0.25) is 0 Å². The van der Waals surface area contributed by atoms with Gasteiger partial charge in [-0.05, 0) is 12.1 Å². The van der Waals surface area contributed by atoms with Crippen molar-refractivity contribution < 1.29 is 23.5 Å². The summed E-state index contributed by atoms with van der Waals surface area (Å²) in [6, 6.07) is 2.89. The zero-order valence-electron chi connectivity index (χ0n) is 10.2. The number of furan rings is 1. The molecule has 0 saturated heterocycles. The highest BCUT2D eigenvalue weighted by atomic mass is 16.5. The van der Waals surface area contributed by atoms with Crippen LogP contribution < -0.4 is 0 Å². The van der Waals surface area contributed by atoms with Crippen molar-refractivity contribution in [1.82, 2.24) is 0 Å². The first-order valence-electron chi connectivity index (χ1n) is 5.31. The fourth-order valence-corrected chi connectivity index (χ4v) is 1.26. The summed E-state index contributed by atoms with van der Waals surface area (Å²) >= 11 is 0. The van der Waals surface area contributed by atoms with Gasteiger partial charge in [0.2, 0.25) is 5.76 Å². The van der Waals surface area contributed by atoms with Gasteiger partial charge in [0, 0.05) is 20.0 Å². The van der Waals surface area contributed by atoms with Crippen LogP contribution in [0.15, 0.2) is 16.5 Å². The van der Waals surface area contributed by atoms with Gasteiger partial charge in [0.05, 0.1) is 13.2 Å². The Hall–Kier alpha value is -1.62. The number of ether oxygens (including phenoxy) is 2. The van der Waals surface area contributed by atoms with Crippen molar-refractivity contribution in [3.63, 3.8) is 0 Å². The fourth-order valence-electron chi connectivity index (χ4n) is 1.26. The second kappa shape index (κ2) is 6.20. The molecule has 0 aromatic carbocycles. The number of ketones is 1. The van der Waals surface area contributed by atoms with Crippen molar-refractivity contribution in [1.29, 1.82) is 0 Å². The molecule has 0 amide bonds. The van der Waals surface area contributed by atoms with E-state index in [0.29, 0.717) is 6.61 Å². The Bertz CT molecular complexity index is 393. The number of carbonyl (C=O) groups excluding carboxylic acids is 2. The van der Waals surface area contributed by atoms with Crippen molar-refractivity contribution in [3.8, 4) is 0 Å². The maximum atomic E-state index is 11.5. The zero-order valence-corrected chi connectivity index (χ0v) is 10.2. The van der Waals surface area contributed by atoms with Gasteiger partial charge in [-0.2, -0.15) is 0 Å². The molecule has 5 nitrogen and oxygen atoms in total. The molecule has 5 heteroatoms. The lowest BCUT2D eigenvalue weighted by molar-refractivity contribution is 0.0338. The summed E-state index contributed by atoms with van der Waals surface area (Å²) in [5, 5.41) is 0.